The van der Waals surface area contributed by atoms with E-state index in [9.17, 15) is 22.8 Å². The first-order valence-corrected chi connectivity index (χ1v) is 6.19. The van der Waals surface area contributed by atoms with Crippen molar-refractivity contribution in [3.8, 4) is 5.75 Å². The van der Waals surface area contributed by atoms with Crippen molar-refractivity contribution in [2.75, 3.05) is 18.9 Å². The summed E-state index contributed by atoms with van der Waals surface area (Å²) >= 11 is 0. The summed E-state index contributed by atoms with van der Waals surface area (Å²) in [5.41, 5.74) is 0.259. The number of carboxylic acids is 1. The third-order valence-electron chi connectivity index (χ3n) is 2.66. The first-order chi connectivity index (χ1) is 10.1. The van der Waals surface area contributed by atoms with Gasteiger partial charge in [-0.25, -0.2) is 4.79 Å². The van der Waals surface area contributed by atoms with E-state index in [1.165, 1.54) is 31.0 Å². The number of benzene rings is 1. The molecule has 2 amide bonds. The molecule has 0 bridgehead atoms. The highest BCUT2D eigenvalue weighted by Crippen LogP contribution is 2.24. The average molecular weight is 320 g/mol. The molecule has 0 saturated carbocycles. The van der Waals surface area contributed by atoms with Crippen molar-refractivity contribution in [1.29, 1.82) is 0 Å². The molecule has 0 aliphatic carbocycles. The topological polar surface area (TPSA) is 78.9 Å². The van der Waals surface area contributed by atoms with E-state index in [0.717, 1.165) is 12.1 Å². The van der Waals surface area contributed by atoms with Crippen molar-refractivity contribution in [1.82, 2.24) is 4.90 Å². The fraction of sp³-hybridized carbons (Fsp3) is 0.385. The molecule has 9 heteroatoms. The zero-order chi connectivity index (χ0) is 16.9. The van der Waals surface area contributed by atoms with Crippen molar-refractivity contribution >= 4 is 17.7 Å². The second-order valence-corrected chi connectivity index (χ2v) is 4.62. The molecule has 0 heterocycles. The number of urea groups is 1. The van der Waals surface area contributed by atoms with Gasteiger partial charge in [0.15, 0.2) is 0 Å². The Morgan fingerprint density at radius 2 is 1.86 bits per heavy atom. The number of halogens is 3. The summed E-state index contributed by atoms with van der Waals surface area (Å²) in [6, 6.07) is 4.03. The van der Waals surface area contributed by atoms with Crippen LogP contribution < -0.4 is 10.1 Å². The molecule has 1 aromatic carbocycles. The van der Waals surface area contributed by atoms with Crippen LogP contribution in [0.15, 0.2) is 24.3 Å². The van der Waals surface area contributed by atoms with E-state index >= 15 is 0 Å². The standard InChI is InChI=1S/C13H15F3N2O4/c1-8(11(19)20)7-18(2)12(21)17-9-3-5-10(6-4-9)22-13(14,15)16/h3-6,8H,7H2,1-2H3,(H,17,21)(H,19,20). The van der Waals surface area contributed by atoms with Crippen molar-refractivity contribution in [2.24, 2.45) is 5.92 Å². The summed E-state index contributed by atoms with van der Waals surface area (Å²) in [5, 5.41) is 11.2. The first-order valence-electron chi connectivity index (χ1n) is 6.19. The van der Waals surface area contributed by atoms with Crippen LogP contribution in [0, 0.1) is 5.92 Å². The average Bonchev–Trinajstić information content (AvgIpc) is 2.39. The third-order valence-corrected chi connectivity index (χ3v) is 2.66. The quantitative estimate of drug-likeness (QED) is 0.874. The highest BCUT2D eigenvalue weighted by Gasteiger charge is 2.31. The first kappa shape index (κ1) is 17.6. The van der Waals surface area contributed by atoms with Gasteiger partial charge in [0.05, 0.1) is 5.92 Å². The van der Waals surface area contributed by atoms with Crippen molar-refractivity contribution < 1.29 is 32.6 Å². The second-order valence-electron chi connectivity index (χ2n) is 4.62. The van der Waals surface area contributed by atoms with Gasteiger partial charge in [-0.15, -0.1) is 13.2 Å². The number of hydrogen-bond acceptors (Lipinski definition) is 3. The lowest BCUT2D eigenvalue weighted by atomic mass is 10.2. The third kappa shape index (κ3) is 5.90. The summed E-state index contributed by atoms with van der Waals surface area (Å²) in [6.07, 6.45) is -4.78. The normalized spacial score (nSPS) is 12.4. The molecule has 0 fully saturated rings. The molecule has 2 N–H and O–H groups in total. The molecule has 1 aromatic rings. The molecule has 0 aromatic heterocycles. The Kier molecular flexibility index (Phi) is 5.61. The van der Waals surface area contributed by atoms with Gasteiger partial charge in [-0.05, 0) is 24.3 Å². The van der Waals surface area contributed by atoms with Crippen LogP contribution in [0.1, 0.15) is 6.92 Å². The van der Waals surface area contributed by atoms with E-state index in [2.05, 4.69) is 10.1 Å². The van der Waals surface area contributed by atoms with Gasteiger partial charge in [0.2, 0.25) is 0 Å². The molecule has 1 rings (SSSR count). The van der Waals surface area contributed by atoms with E-state index in [4.69, 9.17) is 5.11 Å². The Morgan fingerprint density at radius 1 is 1.32 bits per heavy atom. The molecular weight excluding hydrogens is 305 g/mol. The lowest BCUT2D eigenvalue weighted by molar-refractivity contribution is -0.274. The van der Waals surface area contributed by atoms with Gasteiger partial charge in [-0.2, -0.15) is 0 Å². The summed E-state index contributed by atoms with van der Waals surface area (Å²) in [6.45, 7) is 1.45. The monoisotopic (exact) mass is 320 g/mol. The number of anilines is 1. The van der Waals surface area contributed by atoms with E-state index in [1.807, 2.05) is 0 Å². The van der Waals surface area contributed by atoms with Gasteiger partial charge in [0.1, 0.15) is 5.75 Å². The number of amides is 2. The molecule has 0 radical (unpaired) electrons. The van der Waals surface area contributed by atoms with Crippen molar-refractivity contribution in [3.63, 3.8) is 0 Å². The number of alkyl halides is 3. The number of carbonyl (C=O) groups excluding carboxylic acids is 1. The summed E-state index contributed by atoms with van der Waals surface area (Å²) in [7, 11) is 1.41. The second kappa shape index (κ2) is 7.01. The van der Waals surface area contributed by atoms with Gasteiger partial charge in [-0.1, -0.05) is 6.92 Å². The van der Waals surface area contributed by atoms with Gasteiger partial charge in [0.25, 0.3) is 0 Å². The maximum absolute atomic E-state index is 12.0. The predicted molar refractivity (Wildman–Crippen MR) is 71.6 cm³/mol. The van der Waals surface area contributed by atoms with Gasteiger partial charge < -0.3 is 20.1 Å². The zero-order valence-corrected chi connectivity index (χ0v) is 11.8. The zero-order valence-electron chi connectivity index (χ0n) is 11.8. The largest absolute Gasteiger partial charge is 0.573 e. The van der Waals surface area contributed by atoms with Crippen LogP contribution in [-0.4, -0.2) is 42.0 Å². The van der Waals surface area contributed by atoms with Crippen molar-refractivity contribution in [3.05, 3.63) is 24.3 Å². The van der Waals surface area contributed by atoms with E-state index < -0.39 is 30.0 Å². The van der Waals surface area contributed by atoms with Gasteiger partial charge >= 0.3 is 18.4 Å². The molecule has 0 spiro atoms. The molecule has 0 aliphatic rings. The Hall–Kier alpha value is -2.45. The van der Waals surface area contributed by atoms with Crippen LogP contribution in [0.3, 0.4) is 0 Å². The van der Waals surface area contributed by atoms with E-state index in [1.54, 1.807) is 0 Å². The Balaban J connectivity index is 2.59. The van der Waals surface area contributed by atoms with Crippen LogP contribution in [0.4, 0.5) is 23.7 Å². The minimum Gasteiger partial charge on any atom is -0.481 e. The lowest BCUT2D eigenvalue weighted by Gasteiger charge is -2.20. The number of carboxylic acid groups (broad SMARTS) is 1. The minimum absolute atomic E-state index is 0.00354. The molecular formula is C13H15F3N2O4. The smallest absolute Gasteiger partial charge is 0.481 e. The summed E-state index contributed by atoms with van der Waals surface area (Å²) in [5.74, 6) is -2.18. The molecule has 6 nitrogen and oxygen atoms in total. The van der Waals surface area contributed by atoms with Crippen LogP contribution >= 0.6 is 0 Å². The number of hydrogen-bond donors (Lipinski definition) is 2. The SMILES string of the molecule is CC(CN(C)C(=O)Nc1ccc(OC(F)(F)F)cc1)C(=O)O. The fourth-order valence-electron chi connectivity index (χ4n) is 1.53. The maximum Gasteiger partial charge on any atom is 0.573 e. The molecule has 122 valence electrons. The molecule has 1 unspecified atom stereocenters. The van der Waals surface area contributed by atoms with Crippen molar-refractivity contribution in [2.45, 2.75) is 13.3 Å². The minimum atomic E-state index is -4.78. The Bertz CT molecular complexity index is 531. The maximum atomic E-state index is 12.0. The number of nitrogens with one attached hydrogen (secondary N) is 1. The van der Waals surface area contributed by atoms with Crippen LogP contribution in [0.25, 0.3) is 0 Å². The molecule has 0 saturated heterocycles. The number of nitrogens with zero attached hydrogens (tertiary/aromatic N) is 1. The summed E-state index contributed by atoms with van der Waals surface area (Å²) in [4.78, 5) is 23.7. The summed E-state index contributed by atoms with van der Waals surface area (Å²) < 4.78 is 39.7. The van der Waals surface area contributed by atoms with Gasteiger partial charge in [-0.3, -0.25) is 4.79 Å². The molecule has 22 heavy (non-hydrogen) atoms. The van der Waals surface area contributed by atoms with Crippen LogP contribution in [0.5, 0.6) is 5.75 Å². The number of aliphatic carboxylic acids is 1. The number of ether oxygens (including phenoxy) is 1. The molecule has 1 atom stereocenters. The molecule has 0 aliphatic heterocycles. The fourth-order valence-corrected chi connectivity index (χ4v) is 1.53. The number of carbonyl (C=O) groups is 2. The Labute approximate surface area is 124 Å². The van der Waals surface area contributed by atoms with Gasteiger partial charge in [0, 0.05) is 19.3 Å². The lowest BCUT2D eigenvalue weighted by Crippen LogP contribution is -2.36. The highest BCUT2D eigenvalue weighted by atomic mass is 19.4. The number of rotatable bonds is 5. The van der Waals surface area contributed by atoms with Crippen LogP contribution in [-0.2, 0) is 4.79 Å². The van der Waals surface area contributed by atoms with E-state index in [-0.39, 0.29) is 12.2 Å². The highest BCUT2D eigenvalue weighted by molar-refractivity contribution is 5.89. The Morgan fingerprint density at radius 3 is 2.32 bits per heavy atom. The van der Waals surface area contributed by atoms with Crippen LogP contribution in [0.2, 0.25) is 0 Å². The predicted octanol–water partition coefficient (Wildman–Crippen LogP) is 2.77. The van der Waals surface area contributed by atoms with E-state index in [0.29, 0.717) is 0 Å².